The lowest BCUT2D eigenvalue weighted by molar-refractivity contribution is 0.0576. The first kappa shape index (κ1) is 16.2. The first-order valence-corrected chi connectivity index (χ1v) is 8.39. The Balaban J connectivity index is 1.47. The molecule has 1 aliphatic rings. The van der Waals surface area contributed by atoms with E-state index >= 15 is 0 Å². The molecule has 0 saturated carbocycles. The van der Waals surface area contributed by atoms with Crippen molar-refractivity contribution in [3.8, 4) is 0 Å². The molecule has 0 unspecified atom stereocenters. The maximum atomic E-state index is 12.9. The molecule has 2 nitrogen and oxygen atoms in total. The fourth-order valence-corrected chi connectivity index (χ4v) is 3.37. The van der Waals surface area contributed by atoms with Crippen LogP contribution < -0.4 is 0 Å². The zero-order chi connectivity index (χ0) is 16.1. The lowest BCUT2D eigenvalue weighted by atomic mass is 9.88. The van der Waals surface area contributed by atoms with Gasteiger partial charge in [0.1, 0.15) is 5.82 Å². The molecule has 0 aromatic heterocycles. The van der Waals surface area contributed by atoms with E-state index in [-0.39, 0.29) is 11.9 Å². The van der Waals surface area contributed by atoms with Gasteiger partial charge in [-0.25, -0.2) is 4.39 Å². The highest BCUT2D eigenvalue weighted by atomic mass is 19.1. The monoisotopic (exact) mass is 313 g/mol. The molecule has 0 aliphatic carbocycles. The summed E-state index contributed by atoms with van der Waals surface area (Å²) in [4.78, 5) is 2.45. The molecule has 3 heteroatoms. The summed E-state index contributed by atoms with van der Waals surface area (Å²) in [7, 11) is 0. The second kappa shape index (κ2) is 7.71. The molecule has 0 bridgehead atoms. The van der Waals surface area contributed by atoms with E-state index < -0.39 is 0 Å². The van der Waals surface area contributed by atoms with Gasteiger partial charge in [-0.05, 0) is 61.5 Å². The number of nitrogens with zero attached hydrogens (tertiary/aromatic N) is 1. The van der Waals surface area contributed by atoms with Gasteiger partial charge >= 0.3 is 0 Å². The van der Waals surface area contributed by atoms with E-state index in [2.05, 4.69) is 29.2 Å². The van der Waals surface area contributed by atoms with Crippen molar-refractivity contribution in [1.82, 2.24) is 4.90 Å². The highest BCUT2D eigenvalue weighted by molar-refractivity contribution is 5.17. The maximum Gasteiger partial charge on any atom is 0.123 e. The molecule has 1 fully saturated rings. The number of hydrogen-bond acceptors (Lipinski definition) is 2. The van der Waals surface area contributed by atoms with Gasteiger partial charge in [0.05, 0.1) is 6.10 Å². The van der Waals surface area contributed by atoms with Crippen LogP contribution in [0.3, 0.4) is 0 Å². The second-order valence-corrected chi connectivity index (χ2v) is 6.50. The van der Waals surface area contributed by atoms with Crippen LogP contribution in [0.1, 0.15) is 24.0 Å². The average molecular weight is 313 g/mol. The highest BCUT2D eigenvalue weighted by Gasteiger charge is 2.25. The van der Waals surface area contributed by atoms with Crippen molar-refractivity contribution in [3.63, 3.8) is 0 Å². The fraction of sp³-hybridized carbons (Fsp3) is 0.400. The normalized spacial score (nSPS) is 18.0. The number of rotatable bonds is 5. The summed E-state index contributed by atoms with van der Waals surface area (Å²) in [5, 5.41) is 10.5. The van der Waals surface area contributed by atoms with Crippen molar-refractivity contribution >= 4 is 0 Å². The number of hydrogen-bond donors (Lipinski definition) is 1. The molecule has 2 aromatic rings. The first-order chi connectivity index (χ1) is 11.2. The molecule has 23 heavy (non-hydrogen) atoms. The maximum absolute atomic E-state index is 12.9. The SMILES string of the molecule is O[C@H](Cc1ccc(F)cc1)C1CCN(Cc2ccccc2)CC1. The minimum absolute atomic E-state index is 0.225. The molecular formula is C20H24FNO. The van der Waals surface area contributed by atoms with Crippen LogP contribution in [0.25, 0.3) is 0 Å². The summed E-state index contributed by atoms with van der Waals surface area (Å²) < 4.78 is 12.9. The van der Waals surface area contributed by atoms with Crippen LogP contribution in [0.5, 0.6) is 0 Å². The molecule has 1 saturated heterocycles. The van der Waals surface area contributed by atoms with Crippen molar-refractivity contribution in [2.75, 3.05) is 13.1 Å². The van der Waals surface area contributed by atoms with Gasteiger partial charge in [-0.1, -0.05) is 42.5 Å². The van der Waals surface area contributed by atoms with E-state index in [0.29, 0.717) is 12.3 Å². The van der Waals surface area contributed by atoms with E-state index in [4.69, 9.17) is 0 Å². The zero-order valence-electron chi connectivity index (χ0n) is 13.4. The van der Waals surface area contributed by atoms with Crippen molar-refractivity contribution in [2.24, 2.45) is 5.92 Å². The summed E-state index contributed by atoms with van der Waals surface area (Å²) in [6.45, 7) is 3.04. The number of piperidine rings is 1. The van der Waals surface area contributed by atoms with Crippen molar-refractivity contribution in [1.29, 1.82) is 0 Å². The van der Waals surface area contributed by atoms with Gasteiger partial charge in [0.15, 0.2) is 0 Å². The Labute approximate surface area is 137 Å². The predicted octanol–water partition coefficient (Wildman–Crippen LogP) is 3.64. The third kappa shape index (κ3) is 4.63. The Kier molecular flexibility index (Phi) is 5.42. The standard InChI is InChI=1S/C20H24FNO/c21-19-8-6-16(7-9-19)14-20(23)18-10-12-22(13-11-18)15-17-4-2-1-3-5-17/h1-9,18,20,23H,10-15H2/t20-/m1/s1. The van der Waals surface area contributed by atoms with Crippen molar-refractivity contribution in [2.45, 2.75) is 31.9 Å². The molecule has 122 valence electrons. The zero-order valence-corrected chi connectivity index (χ0v) is 13.4. The molecule has 0 radical (unpaired) electrons. The van der Waals surface area contributed by atoms with Gasteiger partial charge in [0, 0.05) is 6.54 Å². The highest BCUT2D eigenvalue weighted by Crippen LogP contribution is 2.24. The smallest absolute Gasteiger partial charge is 0.123 e. The van der Waals surface area contributed by atoms with Gasteiger partial charge < -0.3 is 5.11 Å². The summed E-state index contributed by atoms with van der Waals surface area (Å²) >= 11 is 0. The van der Waals surface area contributed by atoms with Gasteiger partial charge in [0.2, 0.25) is 0 Å². The van der Waals surface area contributed by atoms with E-state index in [0.717, 1.165) is 38.0 Å². The van der Waals surface area contributed by atoms with E-state index in [1.54, 1.807) is 12.1 Å². The van der Waals surface area contributed by atoms with E-state index in [9.17, 15) is 9.50 Å². The van der Waals surface area contributed by atoms with Crippen LogP contribution in [0.15, 0.2) is 54.6 Å². The second-order valence-electron chi connectivity index (χ2n) is 6.50. The van der Waals surface area contributed by atoms with E-state index in [1.807, 2.05) is 6.07 Å². The van der Waals surface area contributed by atoms with Crippen LogP contribution in [0.4, 0.5) is 4.39 Å². The van der Waals surface area contributed by atoms with Gasteiger partial charge in [-0.15, -0.1) is 0 Å². The number of aliphatic hydroxyl groups is 1. The molecule has 0 amide bonds. The third-order valence-electron chi connectivity index (χ3n) is 4.78. The number of aliphatic hydroxyl groups excluding tert-OH is 1. The van der Waals surface area contributed by atoms with Gasteiger partial charge in [-0.3, -0.25) is 4.90 Å². The molecule has 1 atom stereocenters. The average Bonchev–Trinajstić information content (AvgIpc) is 2.58. The van der Waals surface area contributed by atoms with Crippen molar-refractivity contribution in [3.05, 3.63) is 71.5 Å². The molecule has 3 rings (SSSR count). The lowest BCUT2D eigenvalue weighted by Crippen LogP contribution is -2.38. The minimum Gasteiger partial charge on any atom is -0.392 e. The Morgan fingerprint density at radius 1 is 0.957 bits per heavy atom. The molecule has 1 aliphatic heterocycles. The van der Waals surface area contributed by atoms with Crippen LogP contribution >= 0.6 is 0 Å². The third-order valence-corrected chi connectivity index (χ3v) is 4.78. The Morgan fingerprint density at radius 2 is 1.61 bits per heavy atom. The quantitative estimate of drug-likeness (QED) is 0.911. The lowest BCUT2D eigenvalue weighted by Gasteiger charge is -2.34. The van der Waals surface area contributed by atoms with Gasteiger partial charge in [-0.2, -0.15) is 0 Å². The minimum atomic E-state index is -0.334. The summed E-state index contributed by atoms with van der Waals surface area (Å²) in [5.41, 5.74) is 2.35. The van der Waals surface area contributed by atoms with Gasteiger partial charge in [0.25, 0.3) is 0 Å². The summed E-state index contributed by atoms with van der Waals surface area (Å²) in [5.74, 6) is 0.115. The number of benzene rings is 2. The summed E-state index contributed by atoms with van der Waals surface area (Å²) in [6, 6.07) is 17.0. The largest absolute Gasteiger partial charge is 0.392 e. The number of halogens is 1. The number of likely N-dealkylation sites (tertiary alicyclic amines) is 1. The fourth-order valence-electron chi connectivity index (χ4n) is 3.37. The molecule has 1 heterocycles. The first-order valence-electron chi connectivity index (χ1n) is 8.39. The van der Waals surface area contributed by atoms with Crippen LogP contribution in [0, 0.1) is 11.7 Å². The topological polar surface area (TPSA) is 23.5 Å². The molecule has 2 aromatic carbocycles. The molecule has 0 spiro atoms. The van der Waals surface area contributed by atoms with Crippen LogP contribution in [-0.2, 0) is 13.0 Å². The van der Waals surface area contributed by atoms with Crippen LogP contribution in [-0.4, -0.2) is 29.2 Å². The Bertz CT molecular complexity index is 591. The Morgan fingerprint density at radius 3 is 2.26 bits per heavy atom. The summed E-state index contributed by atoms with van der Waals surface area (Å²) in [6.07, 6.45) is 2.33. The van der Waals surface area contributed by atoms with Crippen LogP contribution in [0.2, 0.25) is 0 Å². The molecular weight excluding hydrogens is 289 g/mol. The van der Waals surface area contributed by atoms with E-state index in [1.165, 1.54) is 17.7 Å². The predicted molar refractivity (Wildman–Crippen MR) is 90.6 cm³/mol. The molecule has 1 N–H and O–H groups in total. The Hall–Kier alpha value is -1.71. The van der Waals surface area contributed by atoms with Crippen molar-refractivity contribution < 1.29 is 9.50 Å².